The number of hydrogen-bond acceptors (Lipinski definition) is 9. The molecule has 14 nitrogen and oxygen atoms in total. The minimum Gasteiger partial charge on any atom is -0.453 e. The largest absolute Gasteiger partial charge is 0.453 e. The first-order valence-electron chi connectivity index (χ1n) is 15.4. The van der Waals surface area contributed by atoms with Crippen molar-refractivity contribution in [3.8, 4) is 0 Å². The van der Waals surface area contributed by atoms with Crippen molar-refractivity contribution in [3.63, 3.8) is 0 Å². The van der Waals surface area contributed by atoms with E-state index >= 15 is 0 Å². The predicted octanol–water partition coefficient (Wildman–Crippen LogP) is 2.65. The van der Waals surface area contributed by atoms with Crippen molar-refractivity contribution in [2.45, 2.75) is 64.1 Å². The van der Waals surface area contributed by atoms with Crippen molar-refractivity contribution in [3.05, 3.63) is 54.1 Å². The van der Waals surface area contributed by atoms with E-state index in [0.717, 1.165) is 5.56 Å². The Bertz CT molecular complexity index is 1630. The molecule has 1 aromatic heterocycles. The fourth-order valence-electron chi connectivity index (χ4n) is 4.98. The Hall–Kier alpha value is -3.76. The number of imidazole rings is 1. The van der Waals surface area contributed by atoms with E-state index in [-0.39, 0.29) is 61.1 Å². The Balaban J connectivity index is 0.00000800. The minimum absolute atomic E-state index is 0. The van der Waals surface area contributed by atoms with E-state index in [2.05, 4.69) is 36.0 Å². The van der Waals surface area contributed by atoms with Crippen molar-refractivity contribution in [2.24, 2.45) is 11.3 Å². The van der Waals surface area contributed by atoms with Crippen molar-refractivity contribution in [2.75, 3.05) is 39.1 Å². The van der Waals surface area contributed by atoms with Gasteiger partial charge in [-0.05, 0) is 48.6 Å². The van der Waals surface area contributed by atoms with Gasteiger partial charge < -0.3 is 30.8 Å². The number of sulfonamides is 1. The number of ether oxygens (including phenoxy) is 1. The predicted molar refractivity (Wildman–Crippen MR) is 186 cm³/mol. The normalized spacial score (nSPS) is 13.8. The molecule has 0 saturated carbocycles. The van der Waals surface area contributed by atoms with Gasteiger partial charge in [0.15, 0.2) is 0 Å². The topological polar surface area (TPSA) is 195 Å². The fourth-order valence-corrected chi connectivity index (χ4v) is 6.63. The average Bonchev–Trinajstić information content (AvgIpc) is 3.40. The molecule has 16 heteroatoms. The molecule has 0 aliphatic carbocycles. The van der Waals surface area contributed by atoms with Crippen molar-refractivity contribution in [1.82, 2.24) is 30.2 Å². The number of nitrogens with zero attached hydrogens (tertiary/aromatic N) is 2. The highest BCUT2D eigenvalue weighted by molar-refractivity contribution is 7.89. The summed E-state index contributed by atoms with van der Waals surface area (Å²) in [6.07, 6.45) is -1.85. The molecule has 0 saturated heterocycles. The summed E-state index contributed by atoms with van der Waals surface area (Å²) in [5.41, 5.74) is 0.944. The van der Waals surface area contributed by atoms with Gasteiger partial charge >= 0.3 is 6.09 Å². The Kier molecular flexibility index (Phi) is 14.8. The maximum absolute atomic E-state index is 14.1. The lowest BCUT2D eigenvalue weighted by Crippen LogP contribution is -2.59. The number of aliphatic hydroxyl groups is 1. The van der Waals surface area contributed by atoms with Crippen LogP contribution in [0.25, 0.3) is 11.0 Å². The molecule has 1 unspecified atom stereocenters. The van der Waals surface area contributed by atoms with Gasteiger partial charge in [0.2, 0.25) is 27.8 Å². The molecule has 3 aromatic rings. The van der Waals surface area contributed by atoms with E-state index in [1.165, 1.54) is 29.6 Å². The van der Waals surface area contributed by atoms with E-state index in [9.17, 15) is 27.9 Å². The lowest BCUT2D eigenvalue weighted by molar-refractivity contribution is -0.132. The number of halogens is 1. The molecule has 3 amide bonds. The van der Waals surface area contributed by atoms with Crippen LogP contribution >= 0.6 is 12.4 Å². The third kappa shape index (κ3) is 11.2. The summed E-state index contributed by atoms with van der Waals surface area (Å²) < 4.78 is 33.9. The Morgan fingerprint density at radius 1 is 1.04 bits per heavy atom. The number of anilines is 1. The number of aromatic amines is 1. The molecule has 1 heterocycles. The smallest absolute Gasteiger partial charge is 0.413 e. The number of carbonyl (C=O) groups is 3. The number of likely N-dealkylation sites (N-methyl/N-ethyl adjacent to an activating group) is 1. The van der Waals surface area contributed by atoms with Gasteiger partial charge in [-0.25, -0.2) is 18.2 Å². The second-order valence-electron chi connectivity index (χ2n) is 12.9. The third-order valence-electron chi connectivity index (χ3n) is 7.32. The number of carbonyl (C=O) groups excluding carboxylic acids is 3. The number of fused-ring (bicyclic) bond motifs is 1. The van der Waals surface area contributed by atoms with E-state index < -0.39 is 45.6 Å². The number of nitrogens with one attached hydrogen (secondary N) is 5. The molecule has 3 rings (SSSR count). The van der Waals surface area contributed by atoms with Crippen LogP contribution in [0.3, 0.4) is 0 Å². The second kappa shape index (κ2) is 17.6. The molecule has 6 N–H and O–H groups in total. The van der Waals surface area contributed by atoms with Crippen LogP contribution in [0.2, 0.25) is 0 Å². The highest BCUT2D eigenvalue weighted by Crippen LogP contribution is 2.24. The van der Waals surface area contributed by atoms with Gasteiger partial charge in [0, 0.05) is 13.1 Å². The van der Waals surface area contributed by atoms with Crippen LogP contribution in [0.4, 0.5) is 10.7 Å². The molecule has 0 aliphatic rings. The summed E-state index contributed by atoms with van der Waals surface area (Å²) in [6.45, 7) is 8.98. The van der Waals surface area contributed by atoms with Gasteiger partial charge in [0.05, 0.1) is 41.7 Å². The standard InChI is InChI=1S/C32H47N7O7S.ClH/c1-20(2)18-39(47(44,45)22-13-14-23-24(16-22)36-30(35-23)38-31(43)46-7)19-26(40)25(15-21-11-9-8-10-12-21)34-29(42)28(32(3,4)5)37-27(41)17-33-6;/h8-14,16,20,25-26,28,33,40H,15,17-19H2,1-7H3,(H,34,42)(H,37,41)(H2,35,36,38,43);1H/t25-,26?,28+;/m0./s1. The molecule has 0 fully saturated rings. The number of H-pyrrole nitrogens is 1. The summed E-state index contributed by atoms with van der Waals surface area (Å²) >= 11 is 0. The Labute approximate surface area is 288 Å². The molecule has 0 spiro atoms. The Morgan fingerprint density at radius 2 is 1.71 bits per heavy atom. The fraction of sp³-hybridized carbons (Fsp3) is 0.500. The number of amides is 3. The van der Waals surface area contributed by atoms with E-state index in [4.69, 9.17) is 0 Å². The van der Waals surface area contributed by atoms with Crippen LogP contribution < -0.4 is 21.3 Å². The molecular formula is C32H48ClN7O7S. The molecule has 48 heavy (non-hydrogen) atoms. The van der Waals surface area contributed by atoms with Crippen LogP contribution in [0.5, 0.6) is 0 Å². The summed E-state index contributed by atoms with van der Waals surface area (Å²) in [5.74, 6) is -0.870. The van der Waals surface area contributed by atoms with Crippen molar-refractivity contribution >= 4 is 57.3 Å². The summed E-state index contributed by atoms with van der Waals surface area (Å²) in [4.78, 5) is 44.8. The van der Waals surface area contributed by atoms with E-state index in [0.29, 0.717) is 11.0 Å². The molecule has 266 valence electrons. The first kappa shape index (κ1) is 40.4. The van der Waals surface area contributed by atoms with E-state index in [1.54, 1.807) is 7.05 Å². The van der Waals surface area contributed by atoms with Gasteiger partial charge in [-0.2, -0.15) is 4.31 Å². The first-order chi connectivity index (χ1) is 22.0. The monoisotopic (exact) mass is 709 g/mol. The highest BCUT2D eigenvalue weighted by Gasteiger charge is 2.36. The van der Waals surface area contributed by atoms with Gasteiger partial charge in [-0.1, -0.05) is 65.0 Å². The number of hydrogen-bond donors (Lipinski definition) is 6. The molecule has 2 aromatic carbocycles. The Morgan fingerprint density at radius 3 is 2.29 bits per heavy atom. The van der Waals surface area contributed by atoms with Crippen molar-refractivity contribution in [1.29, 1.82) is 0 Å². The number of aliphatic hydroxyl groups excluding tert-OH is 1. The number of benzene rings is 2. The lowest BCUT2D eigenvalue weighted by Gasteiger charge is -2.34. The van der Waals surface area contributed by atoms with Crippen LogP contribution in [0, 0.1) is 11.3 Å². The second-order valence-corrected chi connectivity index (χ2v) is 14.8. The maximum Gasteiger partial charge on any atom is 0.413 e. The highest BCUT2D eigenvalue weighted by atomic mass is 35.5. The average molecular weight is 710 g/mol. The molecular weight excluding hydrogens is 662 g/mol. The zero-order valence-corrected chi connectivity index (χ0v) is 30.0. The first-order valence-corrected chi connectivity index (χ1v) is 16.8. The van der Waals surface area contributed by atoms with Crippen LogP contribution in [-0.4, -0.2) is 97.7 Å². The summed E-state index contributed by atoms with van der Waals surface area (Å²) in [6, 6.07) is 11.7. The van der Waals surface area contributed by atoms with Crippen molar-refractivity contribution < 1.29 is 32.6 Å². The number of methoxy groups -OCH3 is 1. The zero-order chi connectivity index (χ0) is 34.9. The summed E-state index contributed by atoms with van der Waals surface area (Å²) in [5, 5.41) is 22.5. The third-order valence-corrected chi connectivity index (χ3v) is 9.15. The maximum atomic E-state index is 14.1. The molecule has 0 bridgehead atoms. The lowest BCUT2D eigenvalue weighted by atomic mass is 9.85. The van der Waals surface area contributed by atoms with Crippen LogP contribution in [0.1, 0.15) is 40.2 Å². The van der Waals surface area contributed by atoms with Gasteiger partial charge in [-0.15, -0.1) is 12.4 Å². The number of rotatable bonds is 15. The minimum atomic E-state index is -4.16. The van der Waals surface area contributed by atoms with E-state index in [1.807, 2.05) is 65.0 Å². The zero-order valence-electron chi connectivity index (χ0n) is 28.4. The molecule has 0 radical (unpaired) electrons. The van der Waals surface area contributed by atoms with Crippen LogP contribution in [-0.2, 0) is 30.8 Å². The van der Waals surface area contributed by atoms with Gasteiger partial charge in [0.1, 0.15) is 6.04 Å². The van der Waals surface area contributed by atoms with Crippen LogP contribution in [0.15, 0.2) is 53.4 Å². The number of aromatic nitrogens is 2. The van der Waals surface area contributed by atoms with Gasteiger partial charge in [-0.3, -0.25) is 14.9 Å². The SMILES string of the molecule is CNCC(=O)N[C@H](C(=O)N[C@@H](Cc1ccccc1)C(O)CN(CC(C)C)S(=O)(=O)c1ccc2nc(NC(=O)OC)[nH]c2c1)C(C)(C)C.Cl. The molecule has 0 aliphatic heterocycles. The quantitative estimate of drug-likeness (QED) is 0.138. The molecule has 3 atom stereocenters. The van der Waals surface area contributed by atoms with Gasteiger partial charge in [0.25, 0.3) is 0 Å². The summed E-state index contributed by atoms with van der Waals surface area (Å²) in [7, 11) is -1.32.